The largest absolute Gasteiger partial charge is 0.494 e. The van der Waals surface area contributed by atoms with E-state index < -0.39 is 0 Å². The van der Waals surface area contributed by atoms with E-state index in [1.807, 2.05) is 7.05 Å². The van der Waals surface area contributed by atoms with Crippen LogP contribution in [0.4, 0.5) is 0 Å². The summed E-state index contributed by atoms with van der Waals surface area (Å²) < 4.78 is 6.05. The molecule has 0 aliphatic heterocycles. The topological polar surface area (TPSA) is 27.7 Å². The molecule has 0 aromatic rings. The number of hydrogen-bond acceptors (Lipinski definition) is 4. The van der Waals surface area contributed by atoms with Crippen LogP contribution in [0.3, 0.4) is 0 Å². The monoisotopic (exact) mass is 381 g/mol. The molecule has 0 radical (unpaired) electrons. The molecule has 0 aromatic heterocycles. The van der Waals surface area contributed by atoms with Crippen molar-refractivity contribution in [3.63, 3.8) is 0 Å². The van der Waals surface area contributed by atoms with Gasteiger partial charge in [-0.2, -0.15) is 0 Å². The van der Waals surface area contributed by atoms with Crippen molar-refractivity contribution in [2.75, 3.05) is 47.4 Å². The summed E-state index contributed by atoms with van der Waals surface area (Å²) in [4.78, 5) is 4.84. The number of nitrogens with one attached hydrogen (secondary N) is 1. The molecule has 0 aromatic carbocycles. The molecular weight excluding hydrogens is 334 g/mol. The molecule has 160 valence electrons. The lowest BCUT2D eigenvalue weighted by Crippen LogP contribution is -2.38. The first-order chi connectivity index (χ1) is 12.6. The smallest absolute Gasteiger partial charge is 0.117 e. The van der Waals surface area contributed by atoms with Crippen molar-refractivity contribution in [2.24, 2.45) is 0 Å². The normalized spacial score (nSPS) is 14.9. The summed E-state index contributed by atoms with van der Waals surface area (Å²) in [6, 6.07) is 0.544. The van der Waals surface area contributed by atoms with Crippen molar-refractivity contribution in [1.82, 2.24) is 15.1 Å². The van der Waals surface area contributed by atoms with E-state index in [0.29, 0.717) is 6.04 Å². The number of allylic oxidation sites excluding steroid dienone is 2. The Balaban J connectivity index is 4.22. The minimum absolute atomic E-state index is 0.242. The van der Waals surface area contributed by atoms with Gasteiger partial charge in [0.2, 0.25) is 0 Å². The van der Waals surface area contributed by atoms with Gasteiger partial charge in [0.1, 0.15) is 5.76 Å². The van der Waals surface area contributed by atoms with Crippen molar-refractivity contribution in [2.45, 2.75) is 78.8 Å². The van der Waals surface area contributed by atoms with Crippen LogP contribution in [0.5, 0.6) is 0 Å². The van der Waals surface area contributed by atoms with Crippen LogP contribution < -0.4 is 5.32 Å². The second-order valence-electron chi connectivity index (χ2n) is 8.71. The minimum Gasteiger partial charge on any atom is -0.494 e. The van der Waals surface area contributed by atoms with Gasteiger partial charge in [0.25, 0.3) is 0 Å². The molecule has 0 saturated carbocycles. The third kappa shape index (κ3) is 12.3. The summed E-state index contributed by atoms with van der Waals surface area (Å²) in [5.41, 5.74) is 1.49. The van der Waals surface area contributed by atoms with Gasteiger partial charge < -0.3 is 19.9 Å². The summed E-state index contributed by atoms with van der Waals surface area (Å²) in [6.07, 6.45) is 8.92. The number of hydrogen-bond donors (Lipinski definition) is 1. The molecule has 1 N–H and O–H groups in total. The number of unbranched alkanes of at least 4 members (excludes halogenated alkanes) is 1. The quantitative estimate of drug-likeness (QED) is 0.268. The lowest BCUT2D eigenvalue weighted by molar-refractivity contribution is 0.160. The van der Waals surface area contributed by atoms with Crippen molar-refractivity contribution < 1.29 is 4.74 Å². The van der Waals surface area contributed by atoms with E-state index >= 15 is 0 Å². The Morgan fingerprint density at radius 2 is 1.78 bits per heavy atom. The zero-order valence-electron chi connectivity index (χ0n) is 19.7. The minimum atomic E-state index is 0.242. The van der Waals surface area contributed by atoms with Crippen LogP contribution >= 0.6 is 0 Å². The zero-order valence-corrected chi connectivity index (χ0v) is 19.7. The summed E-state index contributed by atoms with van der Waals surface area (Å²) in [7, 11) is 6.42. The molecule has 1 unspecified atom stereocenters. The van der Waals surface area contributed by atoms with Crippen LogP contribution in [0.25, 0.3) is 0 Å². The molecular formula is C23H47N3O. The van der Waals surface area contributed by atoms with Crippen molar-refractivity contribution in [1.29, 1.82) is 0 Å². The third-order valence-corrected chi connectivity index (χ3v) is 5.40. The first-order valence-electron chi connectivity index (χ1n) is 10.7. The molecule has 0 fully saturated rings. The molecule has 27 heavy (non-hydrogen) atoms. The first-order valence-corrected chi connectivity index (χ1v) is 10.7. The van der Waals surface area contributed by atoms with Gasteiger partial charge in [-0.1, -0.05) is 6.08 Å². The molecule has 0 heterocycles. The second-order valence-corrected chi connectivity index (χ2v) is 8.71. The van der Waals surface area contributed by atoms with Crippen molar-refractivity contribution >= 4 is 0 Å². The Morgan fingerprint density at radius 1 is 1.11 bits per heavy atom. The molecule has 0 bridgehead atoms. The molecule has 0 spiro atoms. The van der Waals surface area contributed by atoms with E-state index in [1.165, 1.54) is 18.4 Å². The standard InChI is InChI=1S/C23H47N3O/c1-10-22(27-19-12-11-18-26(9)23(4,5)6)20(2)14-15-21(3)25(8)17-13-16-24-7/h10,14,21,24H,11-13,15-19H2,1-9H3/b20-14-,22-10+. The highest BCUT2D eigenvalue weighted by Gasteiger charge is 2.15. The lowest BCUT2D eigenvalue weighted by atomic mass is 10.1. The molecule has 0 aliphatic carbocycles. The summed E-state index contributed by atoms with van der Waals surface area (Å²) in [5, 5.41) is 3.21. The number of rotatable bonds is 14. The molecule has 1 atom stereocenters. The second kappa shape index (κ2) is 14.2. The maximum atomic E-state index is 6.05. The fourth-order valence-electron chi connectivity index (χ4n) is 2.75. The fraction of sp³-hybridized carbons (Fsp3) is 0.826. The Labute approximate surface area is 170 Å². The van der Waals surface area contributed by atoms with Crippen molar-refractivity contribution in [3.05, 3.63) is 23.5 Å². The van der Waals surface area contributed by atoms with Crippen LogP contribution in [-0.4, -0.2) is 68.8 Å². The van der Waals surface area contributed by atoms with E-state index in [-0.39, 0.29) is 5.54 Å². The molecule has 0 amide bonds. The predicted molar refractivity (Wildman–Crippen MR) is 120 cm³/mol. The summed E-state index contributed by atoms with van der Waals surface area (Å²) in [5.74, 6) is 1.03. The Kier molecular flexibility index (Phi) is 13.8. The van der Waals surface area contributed by atoms with E-state index in [9.17, 15) is 0 Å². The Morgan fingerprint density at radius 3 is 2.33 bits per heavy atom. The summed E-state index contributed by atoms with van der Waals surface area (Å²) in [6.45, 7) is 17.4. The van der Waals surface area contributed by atoms with Crippen LogP contribution in [0, 0.1) is 0 Å². The number of nitrogens with zero attached hydrogens (tertiary/aromatic N) is 2. The molecule has 4 nitrogen and oxygen atoms in total. The molecule has 4 heteroatoms. The predicted octanol–water partition coefficient (Wildman–Crippen LogP) is 4.68. The van der Waals surface area contributed by atoms with Gasteiger partial charge in [0.15, 0.2) is 0 Å². The van der Waals surface area contributed by atoms with Gasteiger partial charge in [-0.05, 0) is 120 Å². The van der Waals surface area contributed by atoms with Gasteiger partial charge in [0, 0.05) is 11.6 Å². The maximum Gasteiger partial charge on any atom is 0.117 e. The summed E-state index contributed by atoms with van der Waals surface area (Å²) >= 11 is 0. The van der Waals surface area contributed by atoms with E-state index in [1.54, 1.807) is 0 Å². The van der Waals surface area contributed by atoms with Crippen LogP contribution in [0.15, 0.2) is 23.5 Å². The average Bonchev–Trinajstić information content (AvgIpc) is 2.61. The highest BCUT2D eigenvalue weighted by molar-refractivity contribution is 5.23. The zero-order chi connectivity index (χ0) is 20.9. The van der Waals surface area contributed by atoms with Crippen molar-refractivity contribution in [3.8, 4) is 0 Å². The van der Waals surface area contributed by atoms with Crippen LogP contribution in [0.2, 0.25) is 0 Å². The average molecular weight is 382 g/mol. The van der Waals surface area contributed by atoms with Gasteiger partial charge in [-0.25, -0.2) is 0 Å². The highest BCUT2D eigenvalue weighted by atomic mass is 16.5. The van der Waals surface area contributed by atoms with E-state index in [0.717, 1.165) is 44.8 Å². The van der Waals surface area contributed by atoms with Gasteiger partial charge in [-0.3, -0.25) is 0 Å². The highest BCUT2D eigenvalue weighted by Crippen LogP contribution is 2.15. The Hall–Kier alpha value is -0.840. The van der Waals surface area contributed by atoms with Gasteiger partial charge in [0.05, 0.1) is 6.61 Å². The fourth-order valence-corrected chi connectivity index (χ4v) is 2.75. The van der Waals surface area contributed by atoms with Gasteiger partial charge >= 0.3 is 0 Å². The lowest BCUT2D eigenvalue weighted by Gasteiger charge is -2.31. The maximum absolute atomic E-state index is 6.05. The third-order valence-electron chi connectivity index (χ3n) is 5.40. The first kappa shape index (κ1) is 26.2. The molecule has 0 aliphatic rings. The van der Waals surface area contributed by atoms with Crippen LogP contribution in [0.1, 0.15) is 67.2 Å². The van der Waals surface area contributed by atoms with E-state index in [4.69, 9.17) is 4.74 Å². The van der Waals surface area contributed by atoms with Crippen LogP contribution in [-0.2, 0) is 4.74 Å². The molecule has 0 rings (SSSR count). The SMILES string of the molecule is C/C=C(OCCCCN(C)C(C)(C)C)\C(C)=C/CC(C)N(C)CCCNC. The molecule has 0 saturated heterocycles. The van der Waals surface area contributed by atoms with Gasteiger partial charge in [-0.15, -0.1) is 0 Å². The number of ether oxygens (including phenoxy) is 1. The van der Waals surface area contributed by atoms with E-state index in [2.05, 4.69) is 82.9 Å². The Bertz CT molecular complexity index is 437.